The number of amides is 2. The van der Waals surface area contributed by atoms with Gasteiger partial charge in [0.05, 0.1) is 20.3 Å². The number of para-hydroxylation sites is 1. The second-order valence-electron chi connectivity index (χ2n) is 7.61. The number of carbonyl (C=O) groups is 2. The van der Waals surface area contributed by atoms with Crippen LogP contribution < -0.4 is 25.0 Å². The minimum absolute atomic E-state index is 0.153. The van der Waals surface area contributed by atoms with Gasteiger partial charge in [-0.15, -0.1) is 0 Å². The van der Waals surface area contributed by atoms with E-state index in [2.05, 4.69) is 32.7 Å². The van der Waals surface area contributed by atoms with Crippen LogP contribution in [0.25, 0.3) is 0 Å². The Balaban J connectivity index is 1.46. The number of anilines is 2. The molecule has 8 nitrogen and oxygen atoms in total. The molecule has 8 heteroatoms. The van der Waals surface area contributed by atoms with Crippen LogP contribution in [0.3, 0.4) is 0 Å². The number of methoxy groups -OCH3 is 2. The van der Waals surface area contributed by atoms with Gasteiger partial charge in [0.25, 0.3) is 0 Å². The Morgan fingerprint density at radius 2 is 1.85 bits per heavy atom. The number of fused-ring (bicyclic) bond motifs is 1. The zero-order valence-electron chi connectivity index (χ0n) is 18.6. The third-order valence-electron chi connectivity index (χ3n) is 5.67. The van der Waals surface area contributed by atoms with E-state index in [9.17, 15) is 9.59 Å². The zero-order chi connectivity index (χ0) is 23.2. The van der Waals surface area contributed by atoms with Crippen molar-refractivity contribution in [3.63, 3.8) is 0 Å². The van der Waals surface area contributed by atoms with E-state index in [0.29, 0.717) is 17.2 Å². The zero-order valence-corrected chi connectivity index (χ0v) is 18.6. The number of nitrogens with one attached hydrogen (secondary N) is 2. The fraction of sp³-hybridized carbons (Fsp3) is 0.240. The largest absolute Gasteiger partial charge is 0.493 e. The molecule has 0 unspecified atom stereocenters. The van der Waals surface area contributed by atoms with Gasteiger partial charge in [-0.25, -0.2) is 0 Å². The summed E-state index contributed by atoms with van der Waals surface area (Å²) in [5, 5.41) is 5.39. The maximum absolute atomic E-state index is 12.6. The van der Waals surface area contributed by atoms with E-state index < -0.39 is 11.8 Å². The van der Waals surface area contributed by atoms with Gasteiger partial charge in [-0.3, -0.25) is 14.6 Å². The summed E-state index contributed by atoms with van der Waals surface area (Å²) in [5.41, 5.74) is 3.80. The van der Waals surface area contributed by atoms with Crippen LogP contribution >= 0.6 is 0 Å². The molecule has 2 heterocycles. The van der Waals surface area contributed by atoms with Crippen molar-refractivity contribution in [3.8, 4) is 11.5 Å². The summed E-state index contributed by atoms with van der Waals surface area (Å²) in [7, 11) is 3.03. The summed E-state index contributed by atoms with van der Waals surface area (Å²) in [6.45, 7) is 1.09. The minimum atomic E-state index is -0.756. The molecule has 0 radical (unpaired) electrons. The molecule has 2 aromatic carbocycles. The van der Waals surface area contributed by atoms with Gasteiger partial charge >= 0.3 is 11.8 Å². The molecule has 0 bridgehead atoms. The van der Waals surface area contributed by atoms with Crippen molar-refractivity contribution in [3.05, 3.63) is 78.1 Å². The fourth-order valence-corrected chi connectivity index (χ4v) is 4.04. The summed E-state index contributed by atoms with van der Waals surface area (Å²) in [6, 6.07) is 16.8. The molecule has 1 atom stereocenters. The molecule has 0 saturated carbocycles. The first-order valence-electron chi connectivity index (χ1n) is 10.7. The number of rotatable bonds is 7. The van der Waals surface area contributed by atoms with Gasteiger partial charge in [-0.2, -0.15) is 0 Å². The van der Waals surface area contributed by atoms with Crippen molar-refractivity contribution in [2.45, 2.75) is 12.5 Å². The maximum atomic E-state index is 12.6. The third-order valence-corrected chi connectivity index (χ3v) is 5.67. The lowest BCUT2D eigenvalue weighted by atomic mass is 10.1. The van der Waals surface area contributed by atoms with Crippen molar-refractivity contribution >= 4 is 23.2 Å². The first kappa shape index (κ1) is 22.1. The summed E-state index contributed by atoms with van der Waals surface area (Å²) < 4.78 is 10.4. The highest BCUT2D eigenvalue weighted by atomic mass is 16.5. The van der Waals surface area contributed by atoms with Gasteiger partial charge in [0.15, 0.2) is 11.5 Å². The number of ether oxygens (including phenoxy) is 2. The van der Waals surface area contributed by atoms with E-state index in [-0.39, 0.29) is 12.6 Å². The van der Waals surface area contributed by atoms with Gasteiger partial charge in [0.2, 0.25) is 0 Å². The first-order chi connectivity index (χ1) is 16.1. The molecule has 2 N–H and O–H groups in total. The molecule has 0 aliphatic carbocycles. The molecule has 170 valence electrons. The normalized spacial score (nSPS) is 13.1. The number of carbonyl (C=O) groups excluding carboxylic acids is 2. The Kier molecular flexibility index (Phi) is 6.73. The molecular weight excluding hydrogens is 420 g/mol. The van der Waals surface area contributed by atoms with Gasteiger partial charge in [-0.05, 0) is 41.8 Å². The van der Waals surface area contributed by atoms with Crippen LogP contribution in [0.15, 0.2) is 67.0 Å². The molecule has 4 rings (SSSR count). The third kappa shape index (κ3) is 4.90. The van der Waals surface area contributed by atoms with E-state index in [1.807, 2.05) is 24.3 Å². The smallest absolute Gasteiger partial charge is 0.313 e. The lowest BCUT2D eigenvalue weighted by Gasteiger charge is -2.30. The van der Waals surface area contributed by atoms with Crippen molar-refractivity contribution in [2.75, 3.05) is 37.5 Å². The lowest BCUT2D eigenvalue weighted by Crippen LogP contribution is -2.41. The van der Waals surface area contributed by atoms with Crippen LogP contribution in [0, 0.1) is 0 Å². The molecule has 2 amide bonds. The SMILES string of the molecule is COc1ccc(NC(=O)C(=O)NC[C@@H](c2cccnc2)N2CCc3ccccc32)cc1OC. The Morgan fingerprint density at radius 1 is 1.03 bits per heavy atom. The number of hydrogen-bond donors (Lipinski definition) is 2. The average Bonchev–Trinajstić information content (AvgIpc) is 3.28. The Bertz CT molecular complexity index is 1140. The second kappa shape index (κ2) is 10.0. The Hall–Kier alpha value is -4.07. The molecular formula is C25H26N4O4. The molecule has 0 fully saturated rings. The number of pyridine rings is 1. The van der Waals surface area contributed by atoms with Crippen molar-refractivity contribution in [1.82, 2.24) is 10.3 Å². The summed E-state index contributed by atoms with van der Waals surface area (Å²) in [4.78, 5) is 31.6. The summed E-state index contributed by atoms with van der Waals surface area (Å²) in [6.07, 6.45) is 4.44. The lowest BCUT2D eigenvalue weighted by molar-refractivity contribution is -0.136. The van der Waals surface area contributed by atoms with E-state index in [1.165, 1.54) is 19.8 Å². The van der Waals surface area contributed by atoms with Crippen LogP contribution in [0.4, 0.5) is 11.4 Å². The number of benzene rings is 2. The number of aromatic nitrogens is 1. The quantitative estimate of drug-likeness (QED) is 0.542. The Labute approximate surface area is 192 Å². The van der Waals surface area contributed by atoms with Crippen LogP contribution in [0.5, 0.6) is 11.5 Å². The van der Waals surface area contributed by atoms with Gasteiger partial charge < -0.3 is 25.0 Å². The highest BCUT2D eigenvalue weighted by Crippen LogP contribution is 2.34. The highest BCUT2D eigenvalue weighted by Gasteiger charge is 2.28. The van der Waals surface area contributed by atoms with Crippen LogP contribution in [0.2, 0.25) is 0 Å². The first-order valence-corrected chi connectivity index (χ1v) is 10.7. The number of nitrogens with zero attached hydrogens (tertiary/aromatic N) is 2. The molecule has 1 aliphatic rings. The molecule has 0 saturated heterocycles. The molecule has 1 aliphatic heterocycles. The van der Waals surface area contributed by atoms with E-state index in [1.54, 1.807) is 30.6 Å². The predicted octanol–water partition coefficient (Wildman–Crippen LogP) is 2.96. The standard InChI is InChI=1S/C25H26N4O4/c1-32-22-10-9-19(14-23(22)33-2)28-25(31)24(30)27-16-21(18-7-5-12-26-15-18)29-13-11-17-6-3-4-8-20(17)29/h3-10,12,14-15,21H,11,13,16H2,1-2H3,(H,27,30)(H,28,31)/t21-/m0/s1. The Morgan fingerprint density at radius 3 is 2.61 bits per heavy atom. The highest BCUT2D eigenvalue weighted by molar-refractivity contribution is 6.39. The maximum Gasteiger partial charge on any atom is 0.313 e. The molecule has 1 aromatic heterocycles. The van der Waals surface area contributed by atoms with E-state index in [0.717, 1.165) is 24.2 Å². The minimum Gasteiger partial charge on any atom is -0.493 e. The predicted molar refractivity (Wildman–Crippen MR) is 126 cm³/mol. The van der Waals surface area contributed by atoms with Crippen LogP contribution in [0.1, 0.15) is 17.2 Å². The van der Waals surface area contributed by atoms with E-state index in [4.69, 9.17) is 9.47 Å². The van der Waals surface area contributed by atoms with Gasteiger partial charge in [0.1, 0.15) is 0 Å². The van der Waals surface area contributed by atoms with Crippen molar-refractivity contribution in [2.24, 2.45) is 0 Å². The monoisotopic (exact) mass is 446 g/mol. The summed E-state index contributed by atoms with van der Waals surface area (Å²) in [5.74, 6) is -0.481. The fourth-order valence-electron chi connectivity index (χ4n) is 4.04. The second-order valence-corrected chi connectivity index (χ2v) is 7.61. The molecule has 0 spiro atoms. The van der Waals surface area contributed by atoms with Crippen LogP contribution in [-0.2, 0) is 16.0 Å². The summed E-state index contributed by atoms with van der Waals surface area (Å²) >= 11 is 0. The number of hydrogen-bond acceptors (Lipinski definition) is 6. The van der Waals surface area contributed by atoms with Gasteiger partial charge in [0, 0.05) is 42.9 Å². The topological polar surface area (TPSA) is 92.8 Å². The average molecular weight is 447 g/mol. The van der Waals surface area contributed by atoms with Gasteiger partial charge in [-0.1, -0.05) is 24.3 Å². The van der Waals surface area contributed by atoms with Crippen molar-refractivity contribution < 1.29 is 19.1 Å². The molecule has 3 aromatic rings. The van der Waals surface area contributed by atoms with Crippen molar-refractivity contribution in [1.29, 1.82) is 0 Å². The molecule has 33 heavy (non-hydrogen) atoms. The van der Waals surface area contributed by atoms with Crippen LogP contribution in [-0.4, -0.2) is 44.1 Å². The van der Waals surface area contributed by atoms with E-state index >= 15 is 0 Å².